The number of rotatable bonds is 3. The van der Waals surface area contributed by atoms with Crippen molar-refractivity contribution >= 4 is 9.84 Å². The lowest BCUT2D eigenvalue weighted by Crippen LogP contribution is -2.08. The molecule has 0 atom stereocenters. The van der Waals surface area contributed by atoms with E-state index in [-0.39, 0.29) is 4.90 Å². The Labute approximate surface area is 120 Å². The lowest BCUT2D eigenvalue weighted by Gasteiger charge is -2.14. The van der Waals surface area contributed by atoms with Gasteiger partial charge in [-0.2, -0.15) is 0 Å². The van der Waals surface area contributed by atoms with E-state index in [2.05, 4.69) is 0 Å². The molecular formula is C16H18O3S. The Morgan fingerprint density at radius 2 is 1.50 bits per heavy atom. The van der Waals surface area contributed by atoms with E-state index in [1.807, 2.05) is 32.9 Å². The Morgan fingerprint density at radius 1 is 0.950 bits per heavy atom. The van der Waals surface area contributed by atoms with Gasteiger partial charge in [-0.05, 0) is 44.0 Å². The Morgan fingerprint density at radius 3 is 2.05 bits per heavy atom. The van der Waals surface area contributed by atoms with Crippen LogP contribution >= 0.6 is 0 Å². The van der Waals surface area contributed by atoms with Gasteiger partial charge in [0.1, 0.15) is 10.6 Å². The monoisotopic (exact) mass is 290 g/mol. The third-order valence-corrected chi connectivity index (χ3v) is 5.33. The van der Waals surface area contributed by atoms with Gasteiger partial charge in [0.2, 0.25) is 9.84 Å². The van der Waals surface area contributed by atoms with Crippen LogP contribution in [0.1, 0.15) is 16.7 Å². The average molecular weight is 290 g/mol. The van der Waals surface area contributed by atoms with Gasteiger partial charge in [-0.1, -0.05) is 29.8 Å². The number of benzene rings is 2. The topological polar surface area (TPSA) is 43.4 Å². The molecule has 3 nitrogen and oxygen atoms in total. The van der Waals surface area contributed by atoms with E-state index in [9.17, 15) is 8.42 Å². The fourth-order valence-corrected chi connectivity index (χ4v) is 4.40. The number of sulfone groups is 1. The van der Waals surface area contributed by atoms with Crippen molar-refractivity contribution in [2.75, 3.05) is 7.11 Å². The van der Waals surface area contributed by atoms with Crippen molar-refractivity contribution in [1.29, 1.82) is 0 Å². The summed E-state index contributed by atoms with van der Waals surface area (Å²) in [6.07, 6.45) is 0. The molecule has 0 aliphatic rings. The summed E-state index contributed by atoms with van der Waals surface area (Å²) in [5.74, 6) is 0.367. The van der Waals surface area contributed by atoms with E-state index in [0.717, 1.165) is 16.7 Å². The molecule has 2 aromatic rings. The van der Waals surface area contributed by atoms with Crippen LogP contribution < -0.4 is 4.74 Å². The molecule has 106 valence electrons. The zero-order valence-corrected chi connectivity index (χ0v) is 12.9. The van der Waals surface area contributed by atoms with Crippen LogP contribution in [0.2, 0.25) is 0 Å². The number of hydrogen-bond acceptors (Lipinski definition) is 3. The van der Waals surface area contributed by atoms with Gasteiger partial charge in [-0.25, -0.2) is 8.42 Å². The standard InChI is InChI=1S/C16H18O3S/c1-11-9-12(2)16(13(3)10-11)20(17,18)15-8-6-5-7-14(15)19-4/h5-10H,1-4H3. The highest BCUT2D eigenvalue weighted by Gasteiger charge is 2.25. The van der Waals surface area contributed by atoms with Gasteiger partial charge in [0, 0.05) is 0 Å². The van der Waals surface area contributed by atoms with Crippen LogP contribution in [0.3, 0.4) is 0 Å². The largest absolute Gasteiger partial charge is 0.495 e. The van der Waals surface area contributed by atoms with Crippen LogP contribution in [-0.4, -0.2) is 15.5 Å². The van der Waals surface area contributed by atoms with Gasteiger partial charge >= 0.3 is 0 Å². The predicted molar refractivity (Wildman–Crippen MR) is 79.1 cm³/mol. The molecule has 2 rings (SSSR count). The maximum Gasteiger partial charge on any atom is 0.210 e. The number of aryl methyl sites for hydroxylation is 3. The second-order valence-corrected chi connectivity index (χ2v) is 6.74. The first-order chi connectivity index (χ1) is 9.37. The van der Waals surface area contributed by atoms with Crippen molar-refractivity contribution in [3.05, 3.63) is 53.1 Å². The van der Waals surface area contributed by atoms with E-state index >= 15 is 0 Å². The van der Waals surface area contributed by atoms with Crippen LogP contribution in [0, 0.1) is 20.8 Å². The third-order valence-electron chi connectivity index (χ3n) is 3.23. The molecule has 20 heavy (non-hydrogen) atoms. The Kier molecular flexibility index (Phi) is 3.86. The van der Waals surface area contributed by atoms with Crippen molar-refractivity contribution < 1.29 is 13.2 Å². The molecule has 0 fully saturated rings. The third kappa shape index (κ3) is 2.43. The summed E-state index contributed by atoms with van der Waals surface area (Å²) in [4.78, 5) is 0.574. The fraction of sp³-hybridized carbons (Fsp3) is 0.250. The highest BCUT2D eigenvalue weighted by Crippen LogP contribution is 2.32. The summed E-state index contributed by atoms with van der Waals surface area (Å²) < 4.78 is 31.0. The lowest BCUT2D eigenvalue weighted by molar-refractivity contribution is 0.402. The zero-order chi connectivity index (χ0) is 14.9. The van der Waals surface area contributed by atoms with E-state index in [4.69, 9.17) is 4.74 Å². The summed E-state index contributed by atoms with van der Waals surface area (Å²) in [5, 5.41) is 0. The second-order valence-electron chi connectivity index (χ2n) is 4.88. The summed E-state index contributed by atoms with van der Waals surface area (Å²) in [6.45, 7) is 5.60. The number of para-hydroxylation sites is 1. The van der Waals surface area contributed by atoms with E-state index in [0.29, 0.717) is 10.6 Å². The zero-order valence-electron chi connectivity index (χ0n) is 12.1. The highest BCUT2D eigenvalue weighted by atomic mass is 32.2. The van der Waals surface area contributed by atoms with Crippen LogP contribution in [0.5, 0.6) is 5.75 Å². The molecule has 0 saturated heterocycles. The molecule has 0 unspecified atom stereocenters. The first-order valence-electron chi connectivity index (χ1n) is 6.34. The fourth-order valence-electron chi connectivity index (χ4n) is 2.54. The molecule has 0 radical (unpaired) electrons. The summed E-state index contributed by atoms with van der Waals surface area (Å²) in [7, 11) is -2.11. The Balaban J connectivity index is 2.74. The second kappa shape index (κ2) is 5.29. The summed E-state index contributed by atoms with van der Waals surface area (Å²) >= 11 is 0. The van der Waals surface area contributed by atoms with Crippen molar-refractivity contribution in [3.8, 4) is 5.75 Å². The molecule has 0 aliphatic carbocycles. The minimum atomic E-state index is -3.58. The van der Waals surface area contributed by atoms with Crippen LogP contribution in [0.25, 0.3) is 0 Å². The molecular weight excluding hydrogens is 272 g/mol. The minimum Gasteiger partial charge on any atom is -0.495 e. The van der Waals surface area contributed by atoms with Crippen LogP contribution in [-0.2, 0) is 9.84 Å². The van der Waals surface area contributed by atoms with Crippen molar-refractivity contribution in [2.45, 2.75) is 30.6 Å². The van der Waals surface area contributed by atoms with Gasteiger partial charge in [0.25, 0.3) is 0 Å². The van der Waals surface area contributed by atoms with E-state index in [1.165, 1.54) is 7.11 Å². The molecule has 0 spiro atoms. The molecule has 0 N–H and O–H groups in total. The van der Waals surface area contributed by atoms with Gasteiger partial charge in [-0.15, -0.1) is 0 Å². The molecule has 2 aromatic carbocycles. The van der Waals surface area contributed by atoms with Crippen molar-refractivity contribution in [3.63, 3.8) is 0 Å². The summed E-state index contributed by atoms with van der Waals surface area (Å²) in [5.41, 5.74) is 2.57. The lowest BCUT2D eigenvalue weighted by atomic mass is 10.1. The average Bonchev–Trinajstić information content (AvgIpc) is 2.37. The van der Waals surface area contributed by atoms with Gasteiger partial charge in [0.15, 0.2) is 0 Å². The van der Waals surface area contributed by atoms with Crippen molar-refractivity contribution in [1.82, 2.24) is 0 Å². The normalized spacial score (nSPS) is 11.4. The molecule has 0 saturated carbocycles. The molecule has 4 heteroatoms. The maximum atomic E-state index is 12.9. The van der Waals surface area contributed by atoms with Gasteiger partial charge < -0.3 is 4.74 Å². The summed E-state index contributed by atoms with van der Waals surface area (Å²) in [6, 6.07) is 10.5. The van der Waals surface area contributed by atoms with Gasteiger partial charge in [-0.3, -0.25) is 0 Å². The maximum absolute atomic E-state index is 12.9. The Hall–Kier alpha value is -1.81. The molecule has 0 aliphatic heterocycles. The van der Waals surface area contributed by atoms with Crippen LogP contribution in [0.15, 0.2) is 46.2 Å². The van der Waals surface area contributed by atoms with E-state index in [1.54, 1.807) is 24.3 Å². The first-order valence-corrected chi connectivity index (χ1v) is 7.82. The molecule has 0 aromatic heterocycles. The first kappa shape index (κ1) is 14.6. The molecule has 0 amide bonds. The van der Waals surface area contributed by atoms with Crippen LogP contribution in [0.4, 0.5) is 0 Å². The SMILES string of the molecule is COc1ccccc1S(=O)(=O)c1c(C)cc(C)cc1C. The number of hydrogen-bond donors (Lipinski definition) is 0. The Bertz CT molecular complexity index is 723. The smallest absolute Gasteiger partial charge is 0.210 e. The van der Waals surface area contributed by atoms with E-state index < -0.39 is 9.84 Å². The number of ether oxygens (including phenoxy) is 1. The molecule has 0 heterocycles. The molecule has 0 bridgehead atoms. The quantitative estimate of drug-likeness (QED) is 0.869. The predicted octanol–water partition coefficient (Wildman–Crippen LogP) is 3.45. The minimum absolute atomic E-state index is 0.206. The highest BCUT2D eigenvalue weighted by molar-refractivity contribution is 7.91. The van der Waals surface area contributed by atoms with Gasteiger partial charge in [0.05, 0.1) is 12.0 Å². The van der Waals surface area contributed by atoms with Crippen molar-refractivity contribution in [2.24, 2.45) is 0 Å². The number of methoxy groups -OCH3 is 1.